The highest BCUT2D eigenvalue weighted by atomic mass is 35.5. The van der Waals surface area contributed by atoms with Gasteiger partial charge in [0, 0.05) is 6.54 Å². The minimum atomic E-state index is -4.48. The van der Waals surface area contributed by atoms with Crippen LogP contribution >= 0.6 is 11.6 Å². The summed E-state index contributed by atoms with van der Waals surface area (Å²) in [5.41, 5.74) is 0.0582. The first-order valence-corrected chi connectivity index (χ1v) is 5.44. The fourth-order valence-electron chi connectivity index (χ4n) is 1.61. The van der Waals surface area contributed by atoms with E-state index in [-0.39, 0.29) is 24.1 Å². The first-order valence-electron chi connectivity index (χ1n) is 5.06. The van der Waals surface area contributed by atoms with Gasteiger partial charge in [-0.2, -0.15) is 13.2 Å². The smallest absolute Gasteiger partial charge is 0.365 e. The van der Waals surface area contributed by atoms with Crippen molar-refractivity contribution >= 4 is 17.5 Å². The molecule has 5 nitrogen and oxygen atoms in total. The minimum Gasteiger partial charge on any atom is -0.365 e. The SMILES string of the molecule is O=C(c1cnc(Cl)[nH]1)N1CCOC(C(F)(F)F)C1. The van der Waals surface area contributed by atoms with E-state index in [0.717, 1.165) is 4.90 Å². The molecule has 0 saturated carbocycles. The molecular weight excluding hydrogens is 275 g/mol. The number of amides is 1. The molecule has 1 aliphatic heterocycles. The molecule has 1 aliphatic rings. The molecule has 1 fully saturated rings. The minimum absolute atomic E-state index is 0.0129. The fourth-order valence-corrected chi connectivity index (χ4v) is 1.76. The Hall–Kier alpha value is -1.28. The van der Waals surface area contributed by atoms with E-state index in [1.165, 1.54) is 6.20 Å². The lowest BCUT2D eigenvalue weighted by atomic mass is 10.2. The molecule has 1 aromatic heterocycles. The van der Waals surface area contributed by atoms with Crippen LogP contribution in [-0.2, 0) is 4.74 Å². The number of carbonyl (C=O) groups excluding carboxylic acids is 1. The standard InChI is InChI=1S/C9H9ClF3N3O2/c10-8-14-3-5(15-8)7(17)16-1-2-18-6(4-16)9(11,12)13/h3,6H,1-2,4H2,(H,14,15). The molecule has 1 unspecified atom stereocenters. The lowest BCUT2D eigenvalue weighted by Crippen LogP contribution is -2.51. The van der Waals surface area contributed by atoms with Crippen molar-refractivity contribution < 1.29 is 22.7 Å². The van der Waals surface area contributed by atoms with Crippen LogP contribution in [0.25, 0.3) is 0 Å². The molecule has 18 heavy (non-hydrogen) atoms. The second-order valence-electron chi connectivity index (χ2n) is 3.74. The van der Waals surface area contributed by atoms with Gasteiger partial charge in [-0.05, 0) is 11.6 Å². The number of aromatic nitrogens is 2. The van der Waals surface area contributed by atoms with Crippen LogP contribution in [0.15, 0.2) is 6.20 Å². The van der Waals surface area contributed by atoms with E-state index in [2.05, 4.69) is 14.7 Å². The quantitative estimate of drug-likeness (QED) is 0.849. The zero-order valence-electron chi connectivity index (χ0n) is 9.00. The average molecular weight is 284 g/mol. The summed E-state index contributed by atoms with van der Waals surface area (Å²) in [6.45, 7) is -0.585. The molecule has 0 aromatic carbocycles. The van der Waals surface area contributed by atoms with Gasteiger partial charge in [0.05, 0.1) is 19.3 Å². The van der Waals surface area contributed by atoms with Crippen molar-refractivity contribution in [3.8, 4) is 0 Å². The Labute approximate surface area is 105 Å². The van der Waals surface area contributed by atoms with Crippen LogP contribution in [0.2, 0.25) is 5.28 Å². The lowest BCUT2D eigenvalue weighted by molar-refractivity contribution is -0.233. The number of H-pyrrole nitrogens is 1. The van der Waals surface area contributed by atoms with Crippen LogP contribution in [0.3, 0.4) is 0 Å². The van der Waals surface area contributed by atoms with Crippen molar-refractivity contribution in [2.24, 2.45) is 0 Å². The summed E-state index contributed by atoms with van der Waals surface area (Å²) in [5, 5.41) is 0.0129. The molecule has 0 spiro atoms. The third-order valence-corrected chi connectivity index (χ3v) is 2.69. The number of nitrogens with zero attached hydrogens (tertiary/aromatic N) is 2. The van der Waals surface area contributed by atoms with Gasteiger partial charge < -0.3 is 14.6 Å². The monoisotopic (exact) mass is 283 g/mol. The summed E-state index contributed by atoms with van der Waals surface area (Å²) >= 11 is 5.50. The molecule has 2 rings (SSSR count). The highest BCUT2D eigenvalue weighted by molar-refractivity contribution is 6.28. The second-order valence-corrected chi connectivity index (χ2v) is 4.10. The summed E-state index contributed by atoms with van der Waals surface area (Å²) in [7, 11) is 0. The van der Waals surface area contributed by atoms with Crippen LogP contribution in [0.1, 0.15) is 10.5 Å². The number of aromatic amines is 1. The molecule has 1 N–H and O–H groups in total. The highest BCUT2D eigenvalue weighted by Crippen LogP contribution is 2.26. The van der Waals surface area contributed by atoms with Crippen molar-refractivity contribution in [2.75, 3.05) is 19.7 Å². The van der Waals surface area contributed by atoms with E-state index in [1.54, 1.807) is 0 Å². The number of rotatable bonds is 1. The Morgan fingerprint density at radius 1 is 1.61 bits per heavy atom. The van der Waals surface area contributed by atoms with E-state index in [1.807, 2.05) is 0 Å². The number of hydrogen-bond acceptors (Lipinski definition) is 3. The number of halogens is 4. The summed E-state index contributed by atoms with van der Waals surface area (Å²) in [6, 6.07) is 0. The molecule has 9 heteroatoms. The number of morpholine rings is 1. The number of hydrogen-bond donors (Lipinski definition) is 1. The van der Waals surface area contributed by atoms with Gasteiger partial charge in [0.15, 0.2) is 6.10 Å². The Balaban J connectivity index is 2.07. The van der Waals surface area contributed by atoms with E-state index in [9.17, 15) is 18.0 Å². The Kier molecular flexibility index (Phi) is 3.49. The first-order chi connectivity index (χ1) is 8.38. The molecule has 0 radical (unpaired) electrons. The Morgan fingerprint density at radius 3 is 2.89 bits per heavy atom. The topological polar surface area (TPSA) is 58.2 Å². The Morgan fingerprint density at radius 2 is 2.33 bits per heavy atom. The van der Waals surface area contributed by atoms with E-state index >= 15 is 0 Å². The van der Waals surface area contributed by atoms with E-state index in [4.69, 9.17) is 11.6 Å². The van der Waals surface area contributed by atoms with Gasteiger partial charge in [-0.1, -0.05) is 0 Å². The third kappa shape index (κ3) is 2.75. The molecule has 0 aliphatic carbocycles. The van der Waals surface area contributed by atoms with Gasteiger partial charge in [0.1, 0.15) is 5.69 Å². The van der Waals surface area contributed by atoms with Crippen LogP contribution in [0, 0.1) is 0 Å². The summed E-state index contributed by atoms with van der Waals surface area (Å²) in [5.74, 6) is -0.577. The predicted octanol–water partition coefficient (Wildman–Crippen LogP) is 1.47. The summed E-state index contributed by atoms with van der Waals surface area (Å²) in [6.07, 6.45) is -5.25. The van der Waals surface area contributed by atoms with Gasteiger partial charge in [0.25, 0.3) is 5.91 Å². The predicted molar refractivity (Wildman–Crippen MR) is 55.3 cm³/mol. The molecule has 2 heterocycles. The lowest BCUT2D eigenvalue weighted by Gasteiger charge is -2.33. The van der Waals surface area contributed by atoms with Crippen molar-refractivity contribution in [1.82, 2.24) is 14.9 Å². The zero-order chi connectivity index (χ0) is 13.3. The van der Waals surface area contributed by atoms with Crippen molar-refractivity contribution in [1.29, 1.82) is 0 Å². The molecule has 1 aromatic rings. The Bertz CT molecular complexity index is 449. The molecule has 1 saturated heterocycles. The highest BCUT2D eigenvalue weighted by Gasteiger charge is 2.44. The first kappa shape index (κ1) is 13.2. The fraction of sp³-hybridized carbons (Fsp3) is 0.556. The molecule has 100 valence electrons. The maximum atomic E-state index is 12.5. The number of alkyl halides is 3. The van der Waals surface area contributed by atoms with E-state index < -0.39 is 24.7 Å². The maximum absolute atomic E-state index is 12.5. The van der Waals surface area contributed by atoms with Crippen molar-refractivity contribution in [2.45, 2.75) is 12.3 Å². The second kappa shape index (κ2) is 4.77. The zero-order valence-corrected chi connectivity index (χ0v) is 9.75. The normalized spacial score (nSPS) is 21.1. The largest absolute Gasteiger partial charge is 0.416 e. The third-order valence-electron chi connectivity index (χ3n) is 2.49. The van der Waals surface area contributed by atoms with Gasteiger partial charge in [-0.25, -0.2) is 4.98 Å². The molecule has 1 amide bonds. The number of imidazole rings is 1. The summed E-state index contributed by atoms with van der Waals surface area (Å²) < 4.78 is 42.0. The van der Waals surface area contributed by atoms with Gasteiger partial charge in [0.2, 0.25) is 5.28 Å². The van der Waals surface area contributed by atoms with Gasteiger partial charge in [-0.15, -0.1) is 0 Å². The summed E-state index contributed by atoms with van der Waals surface area (Å²) in [4.78, 5) is 19.0. The van der Waals surface area contributed by atoms with Crippen molar-refractivity contribution in [3.05, 3.63) is 17.2 Å². The van der Waals surface area contributed by atoms with Gasteiger partial charge in [-0.3, -0.25) is 4.79 Å². The number of carbonyl (C=O) groups is 1. The van der Waals surface area contributed by atoms with Crippen LogP contribution in [0.5, 0.6) is 0 Å². The molecule has 1 atom stereocenters. The van der Waals surface area contributed by atoms with E-state index in [0.29, 0.717) is 0 Å². The van der Waals surface area contributed by atoms with Crippen LogP contribution in [0.4, 0.5) is 13.2 Å². The maximum Gasteiger partial charge on any atom is 0.416 e. The average Bonchev–Trinajstić information content (AvgIpc) is 2.74. The van der Waals surface area contributed by atoms with Crippen molar-refractivity contribution in [3.63, 3.8) is 0 Å². The van der Waals surface area contributed by atoms with Crippen LogP contribution in [-0.4, -0.2) is 52.8 Å². The molecule has 0 bridgehead atoms. The number of ether oxygens (including phenoxy) is 1. The van der Waals surface area contributed by atoms with Crippen LogP contribution < -0.4 is 0 Å². The van der Waals surface area contributed by atoms with Gasteiger partial charge >= 0.3 is 6.18 Å². The molecular formula is C9H9ClF3N3O2. The number of nitrogens with one attached hydrogen (secondary N) is 1.